The van der Waals surface area contributed by atoms with Crippen molar-refractivity contribution in [2.75, 3.05) is 33.5 Å². The van der Waals surface area contributed by atoms with Gasteiger partial charge in [0.2, 0.25) is 0 Å². The van der Waals surface area contributed by atoms with Crippen molar-refractivity contribution in [3.8, 4) is 5.75 Å². The summed E-state index contributed by atoms with van der Waals surface area (Å²) in [6, 6.07) is 5.08. The number of carbonyl (C=O) groups is 1. The summed E-state index contributed by atoms with van der Waals surface area (Å²) in [7, 11) is 1.62. The van der Waals surface area contributed by atoms with Crippen LogP contribution in [0.3, 0.4) is 0 Å². The van der Waals surface area contributed by atoms with Gasteiger partial charge in [0, 0.05) is 20.1 Å². The second-order valence-electron chi connectivity index (χ2n) is 4.06. The van der Waals surface area contributed by atoms with Crippen LogP contribution in [0.5, 0.6) is 5.75 Å². The first kappa shape index (κ1) is 15.5. The molecule has 0 radical (unpaired) electrons. The molecule has 0 bridgehead atoms. The Morgan fingerprint density at radius 3 is 2.68 bits per heavy atom. The Morgan fingerprint density at radius 1 is 1.21 bits per heavy atom. The third-order valence-corrected chi connectivity index (χ3v) is 2.55. The molecule has 0 aromatic heterocycles. The Morgan fingerprint density at radius 2 is 2.00 bits per heavy atom. The average Bonchev–Trinajstić information content (AvgIpc) is 2.39. The fourth-order valence-electron chi connectivity index (χ4n) is 1.59. The molecule has 0 saturated heterocycles. The van der Waals surface area contributed by atoms with Crippen LogP contribution >= 0.6 is 0 Å². The fraction of sp³-hybridized carbons (Fsp3) is 0.500. The number of carboxylic acids is 1. The molecule has 1 aromatic carbocycles. The molecule has 1 rings (SSSR count). The first-order valence-corrected chi connectivity index (χ1v) is 6.19. The average molecular weight is 268 g/mol. The molecule has 19 heavy (non-hydrogen) atoms. The molecule has 0 spiro atoms. The van der Waals surface area contributed by atoms with Crippen LogP contribution in [0, 0.1) is 6.92 Å². The molecule has 106 valence electrons. The zero-order valence-electron chi connectivity index (χ0n) is 11.3. The van der Waals surface area contributed by atoms with Gasteiger partial charge in [-0.2, -0.15) is 0 Å². The van der Waals surface area contributed by atoms with Crippen LogP contribution in [0.1, 0.15) is 22.3 Å². The highest BCUT2D eigenvalue weighted by Crippen LogP contribution is 2.23. The standard InChI is InChI=1S/C14H20O5/c1-11-5-3-6-12(14(15)16)13(11)19-8-4-7-18-10-9-17-2/h3,5-6H,4,7-10H2,1-2H3,(H,15,16). The van der Waals surface area contributed by atoms with E-state index in [1.165, 1.54) is 0 Å². The monoisotopic (exact) mass is 268 g/mol. The van der Waals surface area contributed by atoms with Crippen LogP contribution in [0.2, 0.25) is 0 Å². The Kier molecular flexibility index (Phi) is 6.92. The summed E-state index contributed by atoms with van der Waals surface area (Å²) < 4.78 is 15.7. The topological polar surface area (TPSA) is 65.0 Å². The lowest BCUT2D eigenvalue weighted by molar-refractivity contribution is 0.0637. The zero-order valence-corrected chi connectivity index (χ0v) is 11.3. The summed E-state index contributed by atoms with van der Waals surface area (Å²) in [5, 5.41) is 9.07. The third-order valence-electron chi connectivity index (χ3n) is 2.55. The summed E-state index contributed by atoms with van der Waals surface area (Å²) in [4.78, 5) is 11.1. The smallest absolute Gasteiger partial charge is 0.339 e. The van der Waals surface area contributed by atoms with Gasteiger partial charge in [0.1, 0.15) is 11.3 Å². The second-order valence-corrected chi connectivity index (χ2v) is 4.06. The van der Waals surface area contributed by atoms with Crippen molar-refractivity contribution in [1.29, 1.82) is 0 Å². The van der Waals surface area contributed by atoms with Crippen LogP contribution < -0.4 is 4.74 Å². The first-order valence-electron chi connectivity index (χ1n) is 6.19. The minimum absolute atomic E-state index is 0.195. The number of para-hydroxylation sites is 1. The van der Waals surface area contributed by atoms with Gasteiger partial charge in [-0.15, -0.1) is 0 Å². The molecule has 0 aliphatic heterocycles. The van der Waals surface area contributed by atoms with E-state index in [1.807, 2.05) is 13.0 Å². The van der Waals surface area contributed by atoms with Gasteiger partial charge in [0.15, 0.2) is 0 Å². The molecule has 1 N–H and O–H groups in total. The van der Waals surface area contributed by atoms with E-state index in [9.17, 15) is 4.79 Å². The highest BCUT2D eigenvalue weighted by molar-refractivity contribution is 5.91. The number of rotatable bonds is 9. The molecule has 0 fully saturated rings. The number of hydrogen-bond donors (Lipinski definition) is 1. The molecular weight excluding hydrogens is 248 g/mol. The molecule has 0 aliphatic rings. The number of aromatic carboxylic acids is 1. The van der Waals surface area contributed by atoms with Crippen molar-refractivity contribution in [2.45, 2.75) is 13.3 Å². The quantitative estimate of drug-likeness (QED) is 0.695. The summed E-state index contributed by atoms with van der Waals surface area (Å²) in [5.41, 5.74) is 1.01. The van der Waals surface area contributed by atoms with E-state index in [2.05, 4.69) is 0 Å². The molecule has 0 saturated carbocycles. The number of carboxylic acid groups (broad SMARTS) is 1. The maximum Gasteiger partial charge on any atom is 0.339 e. The van der Waals surface area contributed by atoms with Crippen molar-refractivity contribution in [1.82, 2.24) is 0 Å². The predicted octanol–water partition coefficient (Wildman–Crippen LogP) is 2.13. The Labute approximate surface area is 113 Å². The lowest BCUT2D eigenvalue weighted by Gasteiger charge is -2.11. The maximum atomic E-state index is 11.1. The molecule has 0 atom stereocenters. The van der Waals surface area contributed by atoms with E-state index >= 15 is 0 Å². The van der Waals surface area contributed by atoms with Crippen LogP contribution in [0.25, 0.3) is 0 Å². The molecule has 0 unspecified atom stereocenters. The maximum absolute atomic E-state index is 11.1. The molecule has 0 heterocycles. The van der Waals surface area contributed by atoms with E-state index < -0.39 is 5.97 Å². The van der Waals surface area contributed by atoms with Crippen LogP contribution in [0.15, 0.2) is 18.2 Å². The molecule has 5 nitrogen and oxygen atoms in total. The molecule has 1 aromatic rings. The molecule has 5 heteroatoms. The van der Waals surface area contributed by atoms with Crippen molar-refractivity contribution >= 4 is 5.97 Å². The van der Waals surface area contributed by atoms with E-state index in [1.54, 1.807) is 19.2 Å². The zero-order chi connectivity index (χ0) is 14.1. The van der Waals surface area contributed by atoms with Crippen LogP contribution in [0.4, 0.5) is 0 Å². The predicted molar refractivity (Wildman–Crippen MR) is 70.9 cm³/mol. The van der Waals surface area contributed by atoms with E-state index in [4.69, 9.17) is 19.3 Å². The highest BCUT2D eigenvalue weighted by Gasteiger charge is 2.12. The third kappa shape index (κ3) is 5.28. The second kappa shape index (κ2) is 8.50. The lowest BCUT2D eigenvalue weighted by Crippen LogP contribution is -2.09. The Balaban J connectivity index is 2.38. The number of benzene rings is 1. The number of ether oxygens (including phenoxy) is 3. The summed E-state index contributed by atoms with van der Waals surface area (Å²) in [5.74, 6) is -0.540. The van der Waals surface area contributed by atoms with Gasteiger partial charge < -0.3 is 19.3 Å². The Hall–Kier alpha value is -1.59. The van der Waals surface area contributed by atoms with Gasteiger partial charge in [0.25, 0.3) is 0 Å². The fourth-order valence-corrected chi connectivity index (χ4v) is 1.59. The molecule has 0 amide bonds. The van der Waals surface area contributed by atoms with Crippen LogP contribution in [-0.2, 0) is 9.47 Å². The minimum Gasteiger partial charge on any atom is -0.492 e. The van der Waals surface area contributed by atoms with Gasteiger partial charge in [0.05, 0.1) is 19.8 Å². The molecule has 0 aliphatic carbocycles. The van der Waals surface area contributed by atoms with Crippen molar-refractivity contribution in [2.24, 2.45) is 0 Å². The summed E-state index contributed by atoms with van der Waals surface area (Å²) in [6.45, 7) is 3.95. The van der Waals surface area contributed by atoms with Gasteiger partial charge in [-0.05, 0) is 18.6 Å². The number of aryl methyl sites for hydroxylation is 1. The lowest BCUT2D eigenvalue weighted by atomic mass is 10.1. The summed E-state index contributed by atoms with van der Waals surface area (Å²) in [6.07, 6.45) is 0.705. The van der Waals surface area contributed by atoms with Crippen molar-refractivity contribution in [3.05, 3.63) is 29.3 Å². The number of methoxy groups -OCH3 is 1. The summed E-state index contributed by atoms with van der Waals surface area (Å²) >= 11 is 0. The first-order chi connectivity index (χ1) is 9.16. The highest BCUT2D eigenvalue weighted by atomic mass is 16.5. The van der Waals surface area contributed by atoms with Crippen molar-refractivity contribution < 1.29 is 24.1 Å². The van der Waals surface area contributed by atoms with Crippen LogP contribution in [-0.4, -0.2) is 44.6 Å². The largest absolute Gasteiger partial charge is 0.492 e. The van der Waals surface area contributed by atoms with Gasteiger partial charge in [-0.25, -0.2) is 4.79 Å². The molecular formula is C14H20O5. The van der Waals surface area contributed by atoms with E-state index in [-0.39, 0.29) is 5.56 Å². The van der Waals surface area contributed by atoms with Gasteiger partial charge >= 0.3 is 5.97 Å². The minimum atomic E-state index is -0.977. The van der Waals surface area contributed by atoms with Gasteiger partial charge in [-0.3, -0.25) is 0 Å². The van der Waals surface area contributed by atoms with E-state index in [0.717, 1.165) is 5.56 Å². The SMILES string of the molecule is COCCOCCCOc1c(C)cccc1C(=O)O. The van der Waals surface area contributed by atoms with E-state index in [0.29, 0.717) is 38.6 Å². The van der Waals surface area contributed by atoms with Gasteiger partial charge in [-0.1, -0.05) is 12.1 Å². The Bertz CT molecular complexity index is 403. The number of hydrogen-bond acceptors (Lipinski definition) is 4. The van der Waals surface area contributed by atoms with Crippen molar-refractivity contribution in [3.63, 3.8) is 0 Å². The normalized spacial score (nSPS) is 10.4.